The van der Waals surface area contributed by atoms with Gasteiger partial charge in [-0.2, -0.15) is 0 Å². The molecule has 0 aliphatic heterocycles. The molecule has 0 aliphatic rings. The van der Waals surface area contributed by atoms with Crippen LogP contribution in [0.25, 0.3) is 0 Å². The van der Waals surface area contributed by atoms with Gasteiger partial charge in [-0.1, -0.05) is 40.7 Å². The number of hydrogen-bond acceptors (Lipinski definition) is 11. The van der Waals surface area contributed by atoms with Crippen molar-refractivity contribution in [2.24, 2.45) is 23.5 Å². The summed E-state index contributed by atoms with van der Waals surface area (Å²) in [5.41, 5.74) is 6.40. The Balaban J connectivity index is 3.48. The van der Waals surface area contributed by atoms with Gasteiger partial charge in [-0.3, -0.25) is 4.79 Å². The molecule has 6 atom stereocenters. The van der Waals surface area contributed by atoms with Crippen LogP contribution < -0.4 is 15.2 Å². The molecule has 12 nitrogen and oxygen atoms in total. The molecule has 0 aromatic heterocycles. The fraction of sp³-hybridized carbons (Fsp3) is 0.655. The molecule has 0 bridgehead atoms. The van der Waals surface area contributed by atoms with E-state index < -0.39 is 66.7 Å². The molecule has 41 heavy (non-hydrogen) atoms. The molecule has 0 fully saturated rings. The van der Waals surface area contributed by atoms with E-state index in [2.05, 4.69) is 0 Å². The summed E-state index contributed by atoms with van der Waals surface area (Å²) in [7, 11) is 0. The number of carboxylic acid groups (broad SMARTS) is 1. The lowest BCUT2D eigenvalue weighted by Gasteiger charge is -2.31. The van der Waals surface area contributed by atoms with Gasteiger partial charge in [-0.25, -0.2) is 14.4 Å². The van der Waals surface area contributed by atoms with Crippen LogP contribution in [-0.4, -0.2) is 60.0 Å². The third-order valence-corrected chi connectivity index (χ3v) is 6.77. The molecule has 1 rings (SSSR count). The van der Waals surface area contributed by atoms with Gasteiger partial charge in [-0.05, 0) is 64.2 Å². The normalized spacial score (nSPS) is 15.8. The van der Waals surface area contributed by atoms with Crippen molar-refractivity contribution in [3.05, 3.63) is 23.8 Å². The van der Waals surface area contributed by atoms with Gasteiger partial charge in [-0.15, -0.1) is 0 Å². The van der Waals surface area contributed by atoms with Crippen molar-refractivity contribution in [2.75, 3.05) is 0 Å². The molecule has 0 radical (unpaired) electrons. The summed E-state index contributed by atoms with van der Waals surface area (Å²) in [6, 6.07) is 2.70. The van der Waals surface area contributed by atoms with Crippen molar-refractivity contribution in [3.63, 3.8) is 0 Å². The van der Waals surface area contributed by atoms with Crippen LogP contribution in [-0.2, 0) is 23.7 Å². The Labute approximate surface area is 241 Å². The number of aliphatic carboxylic acids is 1. The summed E-state index contributed by atoms with van der Waals surface area (Å²) in [4.78, 5) is 49.1. The fourth-order valence-corrected chi connectivity index (χ4v) is 3.46. The zero-order valence-electron chi connectivity index (χ0n) is 25.5. The predicted molar refractivity (Wildman–Crippen MR) is 149 cm³/mol. The molecule has 0 aliphatic carbocycles. The van der Waals surface area contributed by atoms with E-state index in [9.17, 15) is 24.3 Å². The van der Waals surface area contributed by atoms with Crippen molar-refractivity contribution >= 4 is 24.4 Å². The minimum atomic E-state index is -1.44. The summed E-state index contributed by atoms with van der Waals surface area (Å²) < 4.78 is 31.7. The van der Waals surface area contributed by atoms with Crippen LogP contribution in [0.2, 0.25) is 0 Å². The smallest absolute Gasteiger partial charge is 0.480 e. The first-order chi connectivity index (χ1) is 18.9. The molecule has 1 aromatic rings. The number of carboxylic acids is 1. The van der Waals surface area contributed by atoms with Crippen molar-refractivity contribution < 1.29 is 52.7 Å². The highest BCUT2D eigenvalue weighted by Gasteiger charge is 2.36. The number of ether oxygens (including phenoxy) is 6. The second-order valence-electron chi connectivity index (χ2n) is 11.0. The van der Waals surface area contributed by atoms with Gasteiger partial charge in [0.15, 0.2) is 11.5 Å². The average molecular weight is 584 g/mol. The van der Waals surface area contributed by atoms with Gasteiger partial charge in [0, 0.05) is 11.8 Å². The van der Waals surface area contributed by atoms with E-state index in [0.717, 1.165) is 0 Å². The maximum absolute atomic E-state index is 12.6. The van der Waals surface area contributed by atoms with Crippen molar-refractivity contribution in [1.29, 1.82) is 0 Å². The van der Waals surface area contributed by atoms with Crippen molar-refractivity contribution in [2.45, 2.75) is 106 Å². The molecule has 1 aromatic carbocycles. The molecule has 3 N–H and O–H groups in total. The lowest BCUT2D eigenvalue weighted by Crippen LogP contribution is -2.42. The van der Waals surface area contributed by atoms with Crippen LogP contribution in [0.3, 0.4) is 0 Å². The van der Waals surface area contributed by atoms with E-state index in [1.54, 1.807) is 41.5 Å². The molecule has 0 saturated carbocycles. The number of carbonyl (C=O) groups is 4. The van der Waals surface area contributed by atoms with Gasteiger partial charge in [0.2, 0.25) is 0 Å². The highest BCUT2D eigenvalue weighted by atomic mass is 16.8. The number of nitrogens with two attached hydrogens (primary N) is 1. The van der Waals surface area contributed by atoms with Crippen LogP contribution in [0, 0.1) is 17.8 Å². The lowest BCUT2D eigenvalue weighted by molar-refractivity contribution is -0.139. The third kappa shape index (κ3) is 11.5. The van der Waals surface area contributed by atoms with Crippen LogP contribution in [0.1, 0.15) is 80.7 Å². The monoisotopic (exact) mass is 583 g/mol. The number of rotatable bonds is 13. The Kier molecular flexibility index (Phi) is 13.9. The molecule has 0 saturated heterocycles. The molecule has 5 unspecified atom stereocenters. The maximum Gasteiger partial charge on any atom is 0.514 e. The SMILES string of the molecule is CC(C)OC(=O)OC(C)C(C)C(c1ccc(OC(=O)OC(C)C(C)C)c(OC(=O)OC(C)C(C)C)c1)[C@H](N)C(=O)O. The van der Waals surface area contributed by atoms with Gasteiger partial charge >= 0.3 is 24.4 Å². The first-order valence-corrected chi connectivity index (χ1v) is 13.7. The van der Waals surface area contributed by atoms with Crippen LogP contribution in [0.5, 0.6) is 11.5 Å². The molecule has 232 valence electrons. The van der Waals surface area contributed by atoms with E-state index in [1.807, 2.05) is 27.7 Å². The first kappa shape index (κ1) is 35.5. The highest BCUT2D eigenvalue weighted by Crippen LogP contribution is 2.37. The Morgan fingerprint density at radius 1 is 0.659 bits per heavy atom. The summed E-state index contributed by atoms with van der Waals surface area (Å²) in [5.74, 6) is -3.26. The number of carbonyl (C=O) groups excluding carboxylic acids is 3. The van der Waals surface area contributed by atoms with Gasteiger partial charge in [0.05, 0.1) is 6.10 Å². The van der Waals surface area contributed by atoms with Crippen molar-refractivity contribution in [3.8, 4) is 11.5 Å². The van der Waals surface area contributed by atoms with Gasteiger partial charge in [0.25, 0.3) is 0 Å². The van der Waals surface area contributed by atoms with Crippen LogP contribution in [0.4, 0.5) is 14.4 Å². The van der Waals surface area contributed by atoms with Gasteiger partial charge in [0.1, 0.15) is 24.4 Å². The summed E-state index contributed by atoms with van der Waals surface area (Å²) in [5, 5.41) is 9.76. The molecular weight excluding hydrogens is 538 g/mol. The summed E-state index contributed by atoms with van der Waals surface area (Å²) in [6.45, 7) is 17.4. The Hall–Kier alpha value is -3.54. The Morgan fingerprint density at radius 3 is 1.56 bits per heavy atom. The standard InChI is InChI=1S/C29H45NO11/c1-14(2)18(8)37-28(34)40-22-12-11-21(13-23(22)41-29(35)38-19(9)15(3)4)24(25(30)26(31)32)17(7)20(10)39-27(33)36-16(5)6/h11-20,24-25H,30H2,1-10H3,(H,31,32)/t17?,18?,19?,20?,24?,25-/m0/s1. The number of hydrogen-bond donors (Lipinski definition) is 2. The van der Waals surface area contributed by atoms with Crippen molar-refractivity contribution in [1.82, 2.24) is 0 Å². The third-order valence-electron chi connectivity index (χ3n) is 6.77. The summed E-state index contributed by atoms with van der Waals surface area (Å²) >= 11 is 0. The maximum atomic E-state index is 12.6. The zero-order chi connectivity index (χ0) is 31.6. The lowest BCUT2D eigenvalue weighted by atomic mass is 9.79. The van der Waals surface area contributed by atoms with Crippen LogP contribution >= 0.6 is 0 Å². The average Bonchev–Trinajstić information content (AvgIpc) is 2.84. The van der Waals surface area contributed by atoms with E-state index in [4.69, 9.17) is 34.2 Å². The minimum absolute atomic E-state index is 0.000211. The van der Waals surface area contributed by atoms with E-state index in [1.165, 1.54) is 18.2 Å². The molecule has 0 heterocycles. The molecule has 0 spiro atoms. The second-order valence-corrected chi connectivity index (χ2v) is 11.0. The van der Waals surface area contributed by atoms with Gasteiger partial charge < -0.3 is 39.3 Å². The fourth-order valence-electron chi connectivity index (χ4n) is 3.46. The van der Waals surface area contributed by atoms with E-state index in [-0.39, 0.29) is 23.3 Å². The summed E-state index contributed by atoms with van der Waals surface area (Å²) in [6.07, 6.45) is -5.16. The largest absolute Gasteiger partial charge is 0.514 e. The molecule has 12 heteroatoms. The minimum Gasteiger partial charge on any atom is -0.480 e. The second kappa shape index (κ2) is 16.0. The highest BCUT2D eigenvalue weighted by molar-refractivity contribution is 5.75. The topological polar surface area (TPSA) is 170 Å². The Morgan fingerprint density at radius 2 is 1.12 bits per heavy atom. The quantitative estimate of drug-likeness (QED) is 0.161. The zero-order valence-corrected chi connectivity index (χ0v) is 25.5. The molecular formula is C29H45NO11. The van der Waals surface area contributed by atoms with E-state index in [0.29, 0.717) is 5.56 Å². The number of benzene rings is 1. The van der Waals surface area contributed by atoms with Crippen LogP contribution in [0.15, 0.2) is 18.2 Å². The first-order valence-electron chi connectivity index (χ1n) is 13.7. The van der Waals surface area contributed by atoms with E-state index >= 15 is 0 Å². The molecule has 0 amide bonds. The Bertz CT molecular complexity index is 1040. The predicted octanol–water partition coefficient (Wildman–Crippen LogP) is 5.89.